The van der Waals surface area contributed by atoms with Gasteiger partial charge in [0.15, 0.2) is 4.34 Å². The fourth-order valence-electron chi connectivity index (χ4n) is 1.61. The lowest BCUT2D eigenvalue weighted by atomic mass is 10.2. The lowest BCUT2D eigenvalue weighted by Crippen LogP contribution is -2.00. The Balaban J connectivity index is 1.66. The van der Waals surface area contributed by atoms with E-state index in [9.17, 15) is 0 Å². The SMILES string of the molecule is CCc1nsc(SCCCOc2cccc(CN)c2)n1. The monoisotopic (exact) mass is 309 g/mol. The van der Waals surface area contributed by atoms with Crippen molar-refractivity contribution >= 4 is 23.3 Å². The Kier molecular flexibility index (Phi) is 6.29. The van der Waals surface area contributed by atoms with Crippen molar-refractivity contribution in [3.8, 4) is 5.75 Å². The molecule has 2 aromatic rings. The van der Waals surface area contributed by atoms with Gasteiger partial charge in [0.1, 0.15) is 11.6 Å². The maximum absolute atomic E-state index is 5.71. The summed E-state index contributed by atoms with van der Waals surface area (Å²) in [4.78, 5) is 4.42. The molecule has 0 saturated heterocycles. The molecule has 1 aromatic carbocycles. The van der Waals surface area contributed by atoms with Crippen LogP contribution in [0.4, 0.5) is 0 Å². The summed E-state index contributed by atoms with van der Waals surface area (Å²) in [6.07, 6.45) is 1.89. The number of hydrogen-bond donors (Lipinski definition) is 1. The fraction of sp³-hybridized carbons (Fsp3) is 0.429. The van der Waals surface area contributed by atoms with E-state index in [0.29, 0.717) is 13.2 Å². The Morgan fingerprint density at radius 2 is 2.30 bits per heavy atom. The molecule has 0 atom stereocenters. The zero-order valence-electron chi connectivity index (χ0n) is 11.5. The molecule has 0 spiro atoms. The van der Waals surface area contributed by atoms with E-state index < -0.39 is 0 Å². The van der Waals surface area contributed by atoms with Crippen LogP contribution >= 0.6 is 23.3 Å². The van der Waals surface area contributed by atoms with Gasteiger partial charge in [-0.2, -0.15) is 4.37 Å². The zero-order chi connectivity index (χ0) is 14.2. The highest BCUT2D eigenvalue weighted by molar-refractivity contribution is 8.00. The molecule has 2 rings (SSSR count). The van der Waals surface area contributed by atoms with Gasteiger partial charge in [-0.15, -0.1) is 0 Å². The minimum Gasteiger partial charge on any atom is -0.494 e. The first kappa shape index (κ1) is 15.3. The van der Waals surface area contributed by atoms with Gasteiger partial charge in [-0.05, 0) is 35.6 Å². The van der Waals surface area contributed by atoms with Crippen molar-refractivity contribution in [1.82, 2.24) is 9.36 Å². The molecule has 0 amide bonds. The first-order valence-electron chi connectivity index (χ1n) is 6.69. The number of ether oxygens (including phenoxy) is 1. The quantitative estimate of drug-likeness (QED) is 0.599. The zero-order valence-corrected chi connectivity index (χ0v) is 13.2. The van der Waals surface area contributed by atoms with Crippen LogP contribution < -0.4 is 10.5 Å². The summed E-state index contributed by atoms with van der Waals surface area (Å²) in [5, 5.41) is 0. The van der Waals surface area contributed by atoms with Gasteiger partial charge in [0, 0.05) is 18.7 Å². The van der Waals surface area contributed by atoms with E-state index in [1.165, 1.54) is 11.5 Å². The Hall–Kier alpha value is -1.11. The molecule has 0 aliphatic heterocycles. The molecule has 2 N–H and O–H groups in total. The van der Waals surface area contributed by atoms with Gasteiger partial charge >= 0.3 is 0 Å². The molecular formula is C14H19N3OS2. The molecule has 6 heteroatoms. The summed E-state index contributed by atoms with van der Waals surface area (Å²) in [6.45, 7) is 3.32. The highest BCUT2D eigenvalue weighted by Gasteiger charge is 2.02. The second-order valence-electron chi connectivity index (χ2n) is 4.23. The van der Waals surface area contributed by atoms with Crippen LogP contribution in [0, 0.1) is 0 Å². The van der Waals surface area contributed by atoms with Crippen molar-refractivity contribution in [2.24, 2.45) is 5.73 Å². The Bertz CT molecular complexity index is 531. The summed E-state index contributed by atoms with van der Waals surface area (Å²) >= 11 is 3.22. The normalized spacial score (nSPS) is 10.7. The lowest BCUT2D eigenvalue weighted by molar-refractivity contribution is 0.318. The van der Waals surface area contributed by atoms with Gasteiger partial charge in [0.05, 0.1) is 6.61 Å². The smallest absolute Gasteiger partial charge is 0.170 e. The lowest BCUT2D eigenvalue weighted by Gasteiger charge is -2.06. The molecule has 1 heterocycles. The van der Waals surface area contributed by atoms with Crippen LogP contribution in [-0.2, 0) is 13.0 Å². The van der Waals surface area contributed by atoms with Crippen molar-refractivity contribution in [3.63, 3.8) is 0 Å². The third kappa shape index (κ3) is 4.77. The average Bonchev–Trinajstić information content (AvgIpc) is 2.95. The van der Waals surface area contributed by atoms with Crippen LogP contribution in [0.25, 0.3) is 0 Å². The van der Waals surface area contributed by atoms with Gasteiger partial charge in [0.2, 0.25) is 0 Å². The fourth-order valence-corrected chi connectivity index (χ4v) is 3.29. The van der Waals surface area contributed by atoms with Crippen LogP contribution in [0.2, 0.25) is 0 Å². The molecule has 0 aliphatic rings. The number of hydrogen-bond acceptors (Lipinski definition) is 6. The number of nitrogens with zero attached hydrogens (tertiary/aromatic N) is 2. The topological polar surface area (TPSA) is 61.0 Å². The van der Waals surface area contributed by atoms with Crippen molar-refractivity contribution in [2.45, 2.75) is 30.6 Å². The number of nitrogens with two attached hydrogens (primary N) is 1. The number of benzene rings is 1. The highest BCUT2D eigenvalue weighted by Crippen LogP contribution is 2.21. The van der Waals surface area contributed by atoms with E-state index in [-0.39, 0.29) is 0 Å². The first-order chi connectivity index (χ1) is 9.81. The summed E-state index contributed by atoms with van der Waals surface area (Å²) in [5.74, 6) is 2.82. The number of aryl methyl sites for hydroxylation is 1. The van der Waals surface area contributed by atoms with Crippen LogP contribution in [0.5, 0.6) is 5.75 Å². The van der Waals surface area contributed by atoms with Crippen molar-refractivity contribution < 1.29 is 4.74 Å². The van der Waals surface area contributed by atoms with Crippen molar-refractivity contribution in [2.75, 3.05) is 12.4 Å². The summed E-state index contributed by atoms with van der Waals surface area (Å²) in [7, 11) is 0. The van der Waals surface area contributed by atoms with Gasteiger partial charge in [-0.3, -0.25) is 0 Å². The summed E-state index contributed by atoms with van der Waals surface area (Å²) in [5.41, 5.74) is 6.70. The maximum atomic E-state index is 5.71. The molecule has 0 unspecified atom stereocenters. The summed E-state index contributed by atoms with van der Waals surface area (Å²) < 4.78 is 11.0. The second-order valence-corrected chi connectivity index (χ2v) is 6.33. The summed E-state index contributed by atoms with van der Waals surface area (Å²) in [6, 6.07) is 7.93. The number of aromatic nitrogens is 2. The molecule has 1 aromatic heterocycles. The van der Waals surface area contributed by atoms with Crippen molar-refractivity contribution in [3.05, 3.63) is 35.7 Å². The molecule has 0 saturated carbocycles. The molecule has 108 valence electrons. The van der Waals surface area contributed by atoms with Gasteiger partial charge < -0.3 is 10.5 Å². The van der Waals surface area contributed by atoms with E-state index in [1.807, 2.05) is 24.3 Å². The molecular weight excluding hydrogens is 290 g/mol. The maximum Gasteiger partial charge on any atom is 0.170 e. The van der Waals surface area contributed by atoms with Gasteiger partial charge in [-0.25, -0.2) is 4.98 Å². The van der Waals surface area contributed by atoms with E-state index in [1.54, 1.807) is 11.8 Å². The number of rotatable bonds is 8. The minimum atomic E-state index is 0.545. The minimum absolute atomic E-state index is 0.545. The van der Waals surface area contributed by atoms with Gasteiger partial charge in [0.25, 0.3) is 0 Å². The predicted octanol–water partition coefficient (Wildman–Crippen LogP) is 3.12. The Morgan fingerprint density at radius 1 is 1.40 bits per heavy atom. The van der Waals surface area contributed by atoms with Crippen LogP contribution in [0.1, 0.15) is 24.7 Å². The van der Waals surface area contributed by atoms with E-state index in [0.717, 1.165) is 40.1 Å². The van der Waals surface area contributed by atoms with Crippen molar-refractivity contribution in [1.29, 1.82) is 0 Å². The third-order valence-electron chi connectivity index (χ3n) is 2.68. The third-order valence-corrected chi connectivity index (χ3v) is 4.64. The number of thioether (sulfide) groups is 1. The first-order valence-corrected chi connectivity index (χ1v) is 8.45. The van der Waals surface area contributed by atoms with Gasteiger partial charge in [-0.1, -0.05) is 30.8 Å². The van der Waals surface area contributed by atoms with E-state index in [4.69, 9.17) is 10.5 Å². The molecule has 0 bridgehead atoms. The van der Waals surface area contributed by atoms with E-state index >= 15 is 0 Å². The molecule has 0 radical (unpaired) electrons. The standard InChI is InChI=1S/C14H19N3OS2/c1-2-13-16-14(20-17-13)19-8-4-7-18-12-6-3-5-11(9-12)10-15/h3,5-6,9H,2,4,7-8,10,15H2,1H3. The molecule has 0 fully saturated rings. The Labute approximate surface area is 127 Å². The van der Waals surface area contributed by atoms with Crippen LogP contribution in [0.3, 0.4) is 0 Å². The molecule has 0 aliphatic carbocycles. The Morgan fingerprint density at radius 3 is 3.05 bits per heavy atom. The van der Waals surface area contributed by atoms with E-state index in [2.05, 4.69) is 16.3 Å². The van der Waals surface area contributed by atoms with Crippen LogP contribution in [-0.4, -0.2) is 21.7 Å². The van der Waals surface area contributed by atoms with Crippen LogP contribution in [0.15, 0.2) is 28.6 Å². The average molecular weight is 309 g/mol. The molecule has 20 heavy (non-hydrogen) atoms. The highest BCUT2D eigenvalue weighted by atomic mass is 32.2. The second kappa shape index (κ2) is 8.24. The molecule has 4 nitrogen and oxygen atoms in total. The predicted molar refractivity (Wildman–Crippen MR) is 84.5 cm³/mol. The largest absolute Gasteiger partial charge is 0.494 e.